The molecule has 134 valence electrons. The van der Waals surface area contributed by atoms with Gasteiger partial charge in [-0.2, -0.15) is 5.10 Å². The van der Waals surface area contributed by atoms with E-state index < -0.39 is 0 Å². The number of halogens is 1. The number of carbonyl (C=O) groups excluding carboxylic acids is 1. The number of rotatable bonds is 3. The summed E-state index contributed by atoms with van der Waals surface area (Å²) in [7, 11) is 0. The number of hydrogen-bond donors (Lipinski definition) is 0. The maximum Gasteiger partial charge on any atom is 0.223 e. The van der Waals surface area contributed by atoms with Crippen LogP contribution >= 0.6 is 0 Å². The van der Waals surface area contributed by atoms with Gasteiger partial charge in [-0.1, -0.05) is 12.1 Å². The summed E-state index contributed by atoms with van der Waals surface area (Å²) >= 11 is 0. The fourth-order valence-corrected chi connectivity index (χ4v) is 3.47. The highest BCUT2D eigenvalue weighted by Crippen LogP contribution is 2.21. The van der Waals surface area contributed by atoms with Gasteiger partial charge in [0.15, 0.2) is 5.65 Å². The first-order chi connectivity index (χ1) is 12.5. The lowest BCUT2D eigenvalue weighted by Crippen LogP contribution is -2.37. The van der Waals surface area contributed by atoms with Crippen LogP contribution in [-0.4, -0.2) is 31.9 Å². The van der Waals surface area contributed by atoms with Gasteiger partial charge in [0.2, 0.25) is 5.91 Å². The van der Waals surface area contributed by atoms with Crippen LogP contribution in [0.3, 0.4) is 0 Å². The van der Waals surface area contributed by atoms with E-state index in [1.54, 1.807) is 13.0 Å². The molecule has 1 amide bonds. The smallest absolute Gasteiger partial charge is 0.223 e. The van der Waals surface area contributed by atoms with Crippen molar-refractivity contribution in [3.8, 4) is 0 Å². The zero-order valence-corrected chi connectivity index (χ0v) is 15.0. The summed E-state index contributed by atoms with van der Waals surface area (Å²) in [6, 6.07) is 7.13. The van der Waals surface area contributed by atoms with Gasteiger partial charge in [-0.3, -0.25) is 4.79 Å². The van der Waals surface area contributed by atoms with Crippen LogP contribution < -0.4 is 0 Å². The van der Waals surface area contributed by atoms with Gasteiger partial charge in [-0.05, 0) is 37.5 Å². The minimum Gasteiger partial charge on any atom is -0.338 e. The molecule has 0 atom stereocenters. The largest absolute Gasteiger partial charge is 0.338 e. The average molecular weight is 352 g/mol. The van der Waals surface area contributed by atoms with E-state index in [4.69, 9.17) is 0 Å². The summed E-state index contributed by atoms with van der Waals surface area (Å²) in [5.74, 6) is -0.125. The Morgan fingerprint density at radius 3 is 2.92 bits per heavy atom. The number of fused-ring (bicyclic) bond motifs is 3. The highest BCUT2D eigenvalue weighted by molar-refractivity contribution is 5.76. The molecule has 0 saturated heterocycles. The normalized spacial score (nSPS) is 13.9. The van der Waals surface area contributed by atoms with Crippen LogP contribution in [-0.2, 0) is 24.2 Å². The Hall–Kier alpha value is -2.76. The molecule has 4 rings (SSSR count). The lowest BCUT2D eigenvalue weighted by molar-refractivity contribution is -0.132. The van der Waals surface area contributed by atoms with E-state index in [0.717, 1.165) is 34.6 Å². The summed E-state index contributed by atoms with van der Waals surface area (Å²) in [6.45, 7) is 4.92. The van der Waals surface area contributed by atoms with E-state index in [9.17, 15) is 9.18 Å². The number of hydrogen-bond acceptors (Lipinski definition) is 3. The third-order valence-electron chi connectivity index (χ3n) is 4.99. The highest BCUT2D eigenvalue weighted by atomic mass is 19.1. The third kappa shape index (κ3) is 3.07. The minimum absolute atomic E-state index is 0.0911. The second-order valence-electron chi connectivity index (χ2n) is 6.93. The van der Waals surface area contributed by atoms with Gasteiger partial charge in [0.25, 0.3) is 0 Å². The molecule has 2 aromatic heterocycles. The van der Waals surface area contributed by atoms with E-state index in [-0.39, 0.29) is 11.7 Å². The maximum absolute atomic E-state index is 13.6. The average Bonchev–Trinajstić information content (AvgIpc) is 3.02. The van der Waals surface area contributed by atoms with Crippen LogP contribution in [0.1, 0.15) is 34.5 Å². The van der Waals surface area contributed by atoms with Crippen molar-refractivity contribution in [3.63, 3.8) is 0 Å². The Kier molecular flexibility index (Phi) is 4.18. The molecule has 5 nitrogen and oxygen atoms in total. The predicted octanol–water partition coefficient (Wildman–Crippen LogP) is 3.00. The van der Waals surface area contributed by atoms with Crippen molar-refractivity contribution >= 4 is 11.6 Å². The Labute approximate surface area is 151 Å². The van der Waals surface area contributed by atoms with E-state index in [2.05, 4.69) is 10.1 Å². The predicted molar refractivity (Wildman–Crippen MR) is 96.3 cm³/mol. The number of carbonyl (C=O) groups is 1. The molecule has 0 radical (unpaired) electrons. The molecule has 1 aliphatic heterocycles. The van der Waals surface area contributed by atoms with Gasteiger partial charge in [0, 0.05) is 43.8 Å². The van der Waals surface area contributed by atoms with Crippen molar-refractivity contribution in [1.82, 2.24) is 19.5 Å². The summed E-state index contributed by atoms with van der Waals surface area (Å²) in [5, 5.41) is 4.50. The first kappa shape index (κ1) is 16.7. The molecule has 3 aromatic rings. The number of nitrogens with zero attached hydrogens (tertiary/aromatic N) is 4. The van der Waals surface area contributed by atoms with Crippen molar-refractivity contribution in [2.24, 2.45) is 0 Å². The summed E-state index contributed by atoms with van der Waals surface area (Å²) < 4.78 is 15.5. The Balaban J connectivity index is 1.45. The van der Waals surface area contributed by atoms with Crippen molar-refractivity contribution in [1.29, 1.82) is 0 Å². The van der Waals surface area contributed by atoms with Gasteiger partial charge in [-0.15, -0.1) is 0 Å². The standard InChI is InChI=1S/C20H21FN4O/c1-13-3-4-15(10-17(13)21)5-6-20(26)24-8-7-18-16(12-24)11-22-19-9-14(2)23-25(18)19/h3-4,9-11H,5-8,12H2,1-2H3. The van der Waals surface area contributed by atoms with Crippen molar-refractivity contribution in [3.05, 3.63) is 64.4 Å². The van der Waals surface area contributed by atoms with Gasteiger partial charge in [0.1, 0.15) is 5.82 Å². The van der Waals surface area contributed by atoms with Crippen LogP contribution in [0, 0.1) is 19.7 Å². The summed E-state index contributed by atoms with van der Waals surface area (Å²) in [6.07, 6.45) is 3.55. The van der Waals surface area contributed by atoms with Crippen LogP contribution in [0.15, 0.2) is 30.5 Å². The molecule has 0 aliphatic carbocycles. The molecule has 0 saturated carbocycles. The fourth-order valence-electron chi connectivity index (χ4n) is 3.47. The molecule has 0 unspecified atom stereocenters. The SMILES string of the molecule is Cc1cc2ncc3c(n2n1)CCN(C(=O)CCc1ccc(C)c(F)c1)C3. The monoisotopic (exact) mass is 352 g/mol. The number of aromatic nitrogens is 3. The second kappa shape index (κ2) is 6.52. The van der Waals surface area contributed by atoms with Gasteiger partial charge < -0.3 is 4.90 Å². The van der Waals surface area contributed by atoms with Crippen molar-refractivity contribution < 1.29 is 9.18 Å². The molecule has 6 heteroatoms. The van der Waals surface area contributed by atoms with E-state index in [1.807, 2.05) is 34.7 Å². The Morgan fingerprint density at radius 2 is 2.12 bits per heavy atom. The number of aryl methyl sites for hydroxylation is 3. The number of benzene rings is 1. The van der Waals surface area contributed by atoms with Crippen LogP contribution in [0.4, 0.5) is 4.39 Å². The van der Waals surface area contributed by atoms with E-state index >= 15 is 0 Å². The topological polar surface area (TPSA) is 50.5 Å². The van der Waals surface area contributed by atoms with Crippen LogP contribution in [0.2, 0.25) is 0 Å². The molecule has 1 aliphatic rings. The van der Waals surface area contributed by atoms with Gasteiger partial charge in [-0.25, -0.2) is 13.9 Å². The summed E-state index contributed by atoms with van der Waals surface area (Å²) in [5.41, 5.74) is 5.45. The molecule has 1 aromatic carbocycles. The Morgan fingerprint density at radius 1 is 1.27 bits per heavy atom. The van der Waals surface area contributed by atoms with E-state index in [1.165, 1.54) is 6.07 Å². The van der Waals surface area contributed by atoms with Crippen molar-refractivity contribution in [2.75, 3.05) is 6.54 Å². The molecule has 0 bridgehead atoms. The molecule has 0 spiro atoms. The molecule has 26 heavy (non-hydrogen) atoms. The molecule has 0 fully saturated rings. The zero-order chi connectivity index (χ0) is 18.3. The summed E-state index contributed by atoms with van der Waals surface area (Å²) in [4.78, 5) is 18.9. The quantitative estimate of drug-likeness (QED) is 0.728. The van der Waals surface area contributed by atoms with Crippen LogP contribution in [0.5, 0.6) is 0 Å². The molecule has 0 N–H and O–H groups in total. The van der Waals surface area contributed by atoms with Gasteiger partial charge in [0.05, 0.1) is 11.4 Å². The number of amides is 1. The minimum atomic E-state index is -0.216. The lowest BCUT2D eigenvalue weighted by atomic mass is 10.0. The first-order valence-electron chi connectivity index (χ1n) is 8.87. The second-order valence-corrected chi connectivity index (χ2v) is 6.93. The first-order valence-corrected chi connectivity index (χ1v) is 8.87. The van der Waals surface area contributed by atoms with Crippen LogP contribution in [0.25, 0.3) is 5.65 Å². The van der Waals surface area contributed by atoms with Gasteiger partial charge >= 0.3 is 0 Å². The fraction of sp³-hybridized carbons (Fsp3) is 0.350. The lowest BCUT2D eigenvalue weighted by Gasteiger charge is -2.28. The molecular formula is C20H21FN4O. The maximum atomic E-state index is 13.6. The Bertz CT molecular complexity index is 995. The highest BCUT2D eigenvalue weighted by Gasteiger charge is 2.23. The molecule has 3 heterocycles. The van der Waals surface area contributed by atoms with Crippen molar-refractivity contribution in [2.45, 2.75) is 39.7 Å². The molecular weight excluding hydrogens is 331 g/mol. The zero-order valence-electron chi connectivity index (χ0n) is 15.0. The van der Waals surface area contributed by atoms with E-state index in [0.29, 0.717) is 31.5 Å². The third-order valence-corrected chi connectivity index (χ3v) is 4.99.